The molecule has 5 atom stereocenters. The highest BCUT2D eigenvalue weighted by Gasteiger charge is 2.71. The molecule has 1 heterocycles. The molecule has 0 radical (unpaired) electrons. The average molecular weight is 231 g/mol. The maximum atomic E-state index is 7.48. The van der Waals surface area contributed by atoms with Gasteiger partial charge >= 0.3 is 0 Å². The fourth-order valence-corrected chi connectivity index (χ4v) is 4.68. The van der Waals surface area contributed by atoms with E-state index in [4.69, 9.17) is 5.41 Å². The molecule has 2 bridgehead atoms. The van der Waals surface area contributed by atoms with Crippen molar-refractivity contribution in [2.45, 2.75) is 32.7 Å². The van der Waals surface area contributed by atoms with Crippen molar-refractivity contribution in [3.63, 3.8) is 0 Å². The summed E-state index contributed by atoms with van der Waals surface area (Å²) in [6, 6.07) is 0.693. The maximum Gasteiger partial charge on any atom is 0.145 e. The van der Waals surface area contributed by atoms with Crippen LogP contribution in [0.5, 0.6) is 0 Å². The molecule has 0 amide bonds. The van der Waals surface area contributed by atoms with Crippen LogP contribution in [0.4, 0.5) is 0 Å². The summed E-state index contributed by atoms with van der Waals surface area (Å²) in [5.74, 6) is 2.98. The smallest absolute Gasteiger partial charge is 0.145 e. The second kappa shape index (κ2) is 3.44. The van der Waals surface area contributed by atoms with E-state index in [0.29, 0.717) is 11.5 Å². The minimum Gasteiger partial charge on any atom is -0.374 e. The Morgan fingerprint density at radius 2 is 2.29 bits per heavy atom. The third kappa shape index (κ3) is 1.34. The molecule has 3 nitrogen and oxygen atoms in total. The number of likely N-dealkylation sites (tertiary alicyclic amines) is 1. The molecule has 3 rings (SSSR count). The summed E-state index contributed by atoms with van der Waals surface area (Å²) < 4.78 is 0. The van der Waals surface area contributed by atoms with Crippen LogP contribution < -0.4 is 0 Å². The van der Waals surface area contributed by atoms with E-state index in [1.165, 1.54) is 12.8 Å². The molecule has 17 heavy (non-hydrogen) atoms. The number of hydrogen-bond donors (Lipinski definition) is 1. The van der Waals surface area contributed by atoms with Crippen LogP contribution >= 0.6 is 0 Å². The Morgan fingerprint density at radius 3 is 3.00 bits per heavy atom. The van der Waals surface area contributed by atoms with E-state index < -0.39 is 0 Å². The molecule has 1 aliphatic heterocycles. The SMILES string of the molecule is C=NC(=N)/C=C\N1CCC23CC1C(C)C2C3C. The van der Waals surface area contributed by atoms with Crippen LogP contribution in [0.1, 0.15) is 26.7 Å². The number of rotatable bonds is 2. The number of fused-ring (bicyclic) bond motifs is 1. The van der Waals surface area contributed by atoms with E-state index in [9.17, 15) is 0 Å². The lowest BCUT2D eigenvalue weighted by molar-refractivity contribution is 0.146. The zero-order valence-corrected chi connectivity index (χ0v) is 10.7. The quantitative estimate of drug-likeness (QED) is 0.575. The number of piperidine rings is 1. The first-order valence-corrected chi connectivity index (χ1v) is 6.59. The Balaban J connectivity index is 1.73. The van der Waals surface area contributed by atoms with Gasteiger partial charge in [-0.05, 0) is 48.8 Å². The van der Waals surface area contributed by atoms with Crippen molar-refractivity contribution in [3.8, 4) is 0 Å². The van der Waals surface area contributed by atoms with Crippen molar-refractivity contribution >= 4 is 12.6 Å². The van der Waals surface area contributed by atoms with Crippen molar-refractivity contribution in [1.29, 1.82) is 5.41 Å². The molecule has 1 N–H and O–H groups in total. The van der Waals surface area contributed by atoms with Gasteiger partial charge in [0.25, 0.3) is 0 Å². The van der Waals surface area contributed by atoms with E-state index in [1.54, 1.807) is 6.08 Å². The Kier molecular flexibility index (Phi) is 2.22. The lowest BCUT2D eigenvalue weighted by Crippen LogP contribution is -2.40. The summed E-state index contributed by atoms with van der Waals surface area (Å²) >= 11 is 0. The number of nitrogens with one attached hydrogen (secondary N) is 1. The van der Waals surface area contributed by atoms with Gasteiger partial charge in [0.1, 0.15) is 5.84 Å². The van der Waals surface area contributed by atoms with E-state index in [1.807, 2.05) is 0 Å². The average Bonchev–Trinajstić information content (AvgIpc) is 2.80. The minimum absolute atomic E-state index is 0.259. The van der Waals surface area contributed by atoms with Gasteiger partial charge in [0.2, 0.25) is 0 Å². The van der Waals surface area contributed by atoms with Crippen molar-refractivity contribution < 1.29 is 0 Å². The van der Waals surface area contributed by atoms with Gasteiger partial charge in [0.15, 0.2) is 0 Å². The van der Waals surface area contributed by atoms with Crippen LogP contribution in [0, 0.1) is 28.6 Å². The highest BCUT2D eigenvalue weighted by atomic mass is 15.2. The summed E-state index contributed by atoms with van der Waals surface area (Å²) in [5, 5.41) is 7.48. The fraction of sp³-hybridized carbons (Fsp3) is 0.714. The molecule has 2 aliphatic carbocycles. The van der Waals surface area contributed by atoms with Crippen LogP contribution in [0.25, 0.3) is 0 Å². The van der Waals surface area contributed by atoms with Crippen molar-refractivity contribution in [1.82, 2.24) is 4.90 Å². The van der Waals surface area contributed by atoms with E-state index >= 15 is 0 Å². The molecule has 3 fully saturated rings. The normalized spacial score (nSPS) is 47.1. The second-order valence-electron chi connectivity index (χ2n) is 6.03. The van der Waals surface area contributed by atoms with Crippen LogP contribution in [0.15, 0.2) is 17.3 Å². The van der Waals surface area contributed by atoms with Gasteiger partial charge in [0.05, 0.1) is 0 Å². The topological polar surface area (TPSA) is 39.5 Å². The van der Waals surface area contributed by atoms with E-state index in [2.05, 4.69) is 36.7 Å². The lowest BCUT2D eigenvalue weighted by atomic mass is 9.88. The molecule has 0 aromatic heterocycles. The predicted molar refractivity (Wildman–Crippen MR) is 70.4 cm³/mol. The van der Waals surface area contributed by atoms with Crippen LogP contribution in [-0.2, 0) is 0 Å². The largest absolute Gasteiger partial charge is 0.374 e. The number of aliphatic imine (C=N–C) groups is 1. The van der Waals surface area contributed by atoms with Crippen molar-refractivity contribution in [2.75, 3.05) is 6.54 Å². The first kappa shape index (κ1) is 11.0. The first-order valence-electron chi connectivity index (χ1n) is 6.59. The van der Waals surface area contributed by atoms with Crippen LogP contribution in [0.3, 0.4) is 0 Å². The van der Waals surface area contributed by atoms with Gasteiger partial charge in [-0.15, -0.1) is 0 Å². The molecule has 3 aliphatic rings. The highest BCUT2D eigenvalue weighted by molar-refractivity contribution is 5.93. The van der Waals surface area contributed by atoms with Crippen LogP contribution in [-0.4, -0.2) is 30.0 Å². The molecule has 1 saturated heterocycles. The summed E-state index contributed by atoms with van der Waals surface area (Å²) in [6.45, 7) is 9.36. The second-order valence-corrected chi connectivity index (χ2v) is 6.03. The number of hydrogen-bond acceptors (Lipinski definition) is 2. The Morgan fingerprint density at radius 1 is 1.53 bits per heavy atom. The Hall–Kier alpha value is -1.12. The third-order valence-corrected chi connectivity index (χ3v) is 5.62. The van der Waals surface area contributed by atoms with Crippen LogP contribution in [0.2, 0.25) is 0 Å². The number of amidine groups is 1. The Labute approximate surface area is 103 Å². The third-order valence-electron chi connectivity index (χ3n) is 5.62. The van der Waals surface area contributed by atoms with Gasteiger partial charge in [-0.1, -0.05) is 13.8 Å². The predicted octanol–water partition coefficient (Wildman–Crippen LogP) is 2.54. The van der Waals surface area contributed by atoms with Gasteiger partial charge < -0.3 is 4.90 Å². The zero-order chi connectivity index (χ0) is 12.2. The minimum atomic E-state index is 0.259. The number of nitrogens with zero attached hydrogens (tertiary/aromatic N) is 2. The molecule has 0 aromatic carbocycles. The van der Waals surface area contributed by atoms with Crippen molar-refractivity contribution in [2.24, 2.45) is 28.2 Å². The summed E-state index contributed by atoms with van der Waals surface area (Å²) in [7, 11) is 0. The first-order chi connectivity index (χ1) is 8.10. The van der Waals surface area contributed by atoms with E-state index in [0.717, 1.165) is 24.3 Å². The van der Waals surface area contributed by atoms with E-state index in [-0.39, 0.29) is 5.84 Å². The highest BCUT2D eigenvalue weighted by Crippen LogP contribution is 2.74. The molecular formula is C14H21N3. The summed E-state index contributed by atoms with van der Waals surface area (Å²) in [4.78, 5) is 6.03. The molecular weight excluding hydrogens is 210 g/mol. The molecule has 1 spiro atoms. The molecule has 3 heteroatoms. The molecule has 2 saturated carbocycles. The van der Waals surface area contributed by atoms with Gasteiger partial charge in [-0.3, -0.25) is 5.41 Å². The maximum absolute atomic E-state index is 7.48. The molecule has 0 aromatic rings. The van der Waals surface area contributed by atoms with Gasteiger partial charge in [-0.2, -0.15) is 0 Å². The summed E-state index contributed by atoms with van der Waals surface area (Å²) in [5.41, 5.74) is 0.693. The molecule has 92 valence electrons. The van der Waals surface area contributed by atoms with Crippen molar-refractivity contribution in [3.05, 3.63) is 12.3 Å². The standard InChI is InChI=1S/C14H21N3/c1-9-11-8-14(10(2)13(9)14)5-7-17(11)6-4-12(15)16-3/h4,6,9-11,13,15H,3,5,7-8H2,1-2H3/b6-4-,15-12?. The monoisotopic (exact) mass is 231 g/mol. The fourth-order valence-electron chi connectivity index (χ4n) is 4.68. The zero-order valence-electron chi connectivity index (χ0n) is 10.7. The van der Waals surface area contributed by atoms with Gasteiger partial charge in [-0.25, -0.2) is 4.99 Å². The summed E-state index contributed by atoms with van der Waals surface area (Å²) in [6.07, 6.45) is 6.52. The molecule has 5 unspecified atom stereocenters. The lowest BCUT2D eigenvalue weighted by Gasteiger charge is -2.38. The van der Waals surface area contributed by atoms with Gasteiger partial charge in [0, 0.05) is 18.8 Å². The Bertz CT molecular complexity index is 400.